The Hall–Kier alpha value is -0.290. The quantitative estimate of drug-likeness (QED) is 0.844. The van der Waals surface area contributed by atoms with Crippen molar-refractivity contribution in [1.29, 1.82) is 0 Å². The number of nitrogens with one attached hydrogen (secondary N) is 1. The fraction of sp³-hybridized carbons (Fsp3) is 0.167. The number of rotatable bonds is 2. The maximum Gasteiger partial charge on any atom is 0.239 e. The van der Waals surface area contributed by atoms with Gasteiger partial charge in [-0.25, -0.2) is 0 Å². The molecule has 1 aromatic heterocycles. The lowest BCUT2D eigenvalue weighted by atomic mass is 10.4. The van der Waals surface area contributed by atoms with Crippen LogP contribution in [0.5, 0.6) is 0 Å². The van der Waals surface area contributed by atoms with Crippen molar-refractivity contribution in [3.05, 3.63) is 15.3 Å². The zero-order valence-electron chi connectivity index (χ0n) is 6.52. The summed E-state index contributed by atoms with van der Waals surface area (Å²) in [7, 11) is 0. The second kappa shape index (κ2) is 4.98. The smallest absolute Gasteiger partial charge is 0.239 e. The minimum Gasteiger partial charge on any atom is -0.321 e. The van der Waals surface area contributed by atoms with E-state index in [0.717, 1.165) is 0 Å². The van der Waals surface area contributed by atoms with Gasteiger partial charge in [0.2, 0.25) is 5.91 Å². The number of carbonyl (C=O) groups excluding carboxylic acids is 1. The molecule has 1 amide bonds. The predicted molar refractivity (Wildman–Crippen MR) is 56.4 cm³/mol. The van der Waals surface area contributed by atoms with E-state index in [9.17, 15) is 4.79 Å². The highest BCUT2D eigenvalue weighted by Crippen LogP contribution is 2.32. The third-order valence-corrected chi connectivity index (χ3v) is 2.45. The molecule has 0 aliphatic rings. The largest absolute Gasteiger partial charge is 0.321 e. The summed E-state index contributed by atoms with van der Waals surface area (Å²) in [5.74, 6) is -0.674. The monoisotopic (exact) mass is 273 g/mol. The van der Waals surface area contributed by atoms with Gasteiger partial charge in [0.15, 0.2) is 10.3 Å². The third-order valence-electron chi connectivity index (χ3n) is 1.22. The van der Waals surface area contributed by atoms with Crippen LogP contribution in [0.15, 0.2) is 0 Å². The van der Waals surface area contributed by atoms with Crippen LogP contribution in [-0.4, -0.2) is 22.0 Å². The maximum atomic E-state index is 10.9. The zero-order chi connectivity index (χ0) is 10.7. The van der Waals surface area contributed by atoms with Crippen LogP contribution in [-0.2, 0) is 4.79 Å². The summed E-state index contributed by atoms with van der Waals surface area (Å²) in [5.41, 5.74) is 0.110. The SMILES string of the molecule is O=C(CCl)Nc1c(Cl)nnc(Cl)c1Cl. The average molecular weight is 275 g/mol. The third kappa shape index (κ3) is 2.60. The Kier molecular flexibility index (Phi) is 4.19. The van der Waals surface area contributed by atoms with Crippen molar-refractivity contribution in [2.24, 2.45) is 0 Å². The summed E-state index contributed by atoms with van der Waals surface area (Å²) in [5, 5.41) is 9.20. The lowest BCUT2D eigenvalue weighted by Gasteiger charge is -2.06. The van der Waals surface area contributed by atoms with Gasteiger partial charge in [-0.1, -0.05) is 34.8 Å². The molecule has 0 aromatic carbocycles. The van der Waals surface area contributed by atoms with Crippen LogP contribution >= 0.6 is 46.4 Å². The number of hydrogen-bond acceptors (Lipinski definition) is 3. The van der Waals surface area contributed by atoms with Crippen LogP contribution in [0.4, 0.5) is 5.69 Å². The molecule has 0 aliphatic carbocycles. The first-order chi connectivity index (χ1) is 6.56. The molecule has 0 bridgehead atoms. The lowest BCUT2D eigenvalue weighted by molar-refractivity contribution is -0.113. The molecule has 0 saturated heterocycles. The number of aromatic nitrogens is 2. The topological polar surface area (TPSA) is 54.9 Å². The summed E-state index contributed by atoms with van der Waals surface area (Å²) in [6.45, 7) is 0. The maximum absolute atomic E-state index is 10.9. The number of alkyl halides is 1. The Morgan fingerprint density at radius 2 is 1.79 bits per heavy atom. The number of nitrogens with zero attached hydrogens (tertiary/aromatic N) is 2. The van der Waals surface area contributed by atoms with Gasteiger partial charge in [0.25, 0.3) is 0 Å². The molecule has 1 N–H and O–H groups in total. The second-order valence-electron chi connectivity index (χ2n) is 2.15. The Bertz CT molecular complexity index is 370. The first-order valence-corrected chi connectivity index (χ1v) is 4.96. The van der Waals surface area contributed by atoms with Crippen LogP contribution in [0.3, 0.4) is 0 Å². The first-order valence-electron chi connectivity index (χ1n) is 3.29. The molecule has 1 heterocycles. The Morgan fingerprint density at radius 1 is 1.21 bits per heavy atom. The van der Waals surface area contributed by atoms with Gasteiger partial charge in [0.05, 0.1) is 0 Å². The molecular formula is C6H3Cl4N3O. The minimum absolute atomic E-state index is 0.0325. The lowest BCUT2D eigenvalue weighted by Crippen LogP contribution is -2.14. The first kappa shape index (κ1) is 11.8. The van der Waals surface area contributed by atoms with E-state index in [0.29, 0.717) is 0 Å². The number of carbonyl (C=O) groups is 1. The molecule has 8 heteroatoms. The summed E-state index contributed by atoms with van der Waals surface area (Å²) in [4.78, 5) is 10.9. The van der Waals surface area contributed by atoms with Crippen molar-refractivity contribution in [2.45, 2.75) is 0 Å². The van der Waals surface area contributed by atoms with Gasteiger partial charge in [-0.05, 0) is 0 Å². The molecule has 76 valence electrons. The number of anilines is 1. The predicted octanol–water partition coefficient (Wildman–Crippen LogP) is 2.61. The van der Waals surface area contributed by atoms with Gasteiger partial charge in [-0.3, -0.25) is 4.79 Å². The normalized spacial score (nSPS) is 10.0. The molecule has 0 spiro atoms. The van der Waals surface area contributed by atoms with E-state index in [-0.39, 0.29) is 26.9 Å². The Morgan fingerprint density at radius 3 is 2.36 bits per heavy atom. The Labute approximate surface area is 99.5 Å². The fourth-order valence-electron chi connectivity index (χ4n) is 0.655. The van der Waals surface area contributed by atoms with E-state index in [1.165, 1.54) is 0 Å². The number of amides is 1. The molecule has 0 fully saturated rings. The van der Waals surface area contributed by atoms with Crippen molar-refractivity contribution in [2.75, 3.05) is 11.2 Å². The number of halogens is 4. The molecule has 0 atom stereocenters. The van der Waals surface area contributed by atoms with Gasteiger partial charge in [-0.2, -0.15) is 0 Å². The van der Waals surface area contributed by atoms with Crippen LogP contribution in [0.25, 0.3) is 0 Å². The number of hydrogen-bond donors (Lipinski definition) is 1. The molecule has 0 aliphatic heterocycles. The van der Waals surface area contributed by atoms with Gasteiger partial charge in [-0.15, -0.1) is 21.8 Å². The second-order valence-corrected chi connectivity index (χ2v) is 3.51. The highest BCUT2D eigenvalue weighted by atomic mass is 35.5. The van der Waals surface area contributed by atoms with E-state index in [4.69, 9.17) is 46.4 Å². The van der Waals surface area contributed by atoms with E-state index in [1.54, 1.807) is 0 Å². The minimum atomic E-state index is -0.459. The van der Waals surface area contributed by atoms with Crippen molar-refractivity contribution in [3.63, 3.8) is 0 Å². The summed E-state index contributed by atoms with van der Waals surface area (Å²) in [6, 6.07) is 0. The summed E-state index contributed by atoms with van der Waals surface area (Å²) < 4.78 is 0. The van der Waals surface area contributed by atoms with Crippen molar-refractivity contribution in [1.82, 2.24) is 10.2 Å². The molecule has 4 nitrogen and oxygen atoms in total. The van der Waals surface area contributed by atoms with E-state index >= 15 is 0 Å². The van der Waals surface area contributed by atoms with Gasteiger partial charge >= 0.3 is 0 Å². The van der Waals surface area contributed by atoms with E-state index in [2.05, 4.69) is 15.5 Å². The van der Waals surface area contributed by atoms with E-state index < -0.39 is 5.91 Å². The van der Waals surface area contributed by atoms with Crippen molar-refractivity contribution < 1.29 is 4.79 Å². The van der Waals surface area contributed by atoms with Crippen LogP contribution < -0.4 is 5.32 Å². The van der Waals surface area contributed by atoms with Gasteiger partial charge in [0.1, 0.15) is 16.6 Å². The van der Waals surface area contributed by atoms with Gasteiger partial charge < -0.3 is 5.32 Å². The molecule has 0 unspecified atom stereocenters. The van der Waals surface area contributed by atoms with Crippen LogP contribution in [0.2, 0.25) is 15.3 Å². The molecule has 0 saturated carbocycles. The van der Waals surface area contributed by atoms with E-state index in [1.807, 2.05) is 0 Å². The highest BCUT2D eigenvalue weighted by molar-refractivity contribution is 6.45. The van der Waals surface area contributed by atoms with Crippen LogP contribution in [0.1, 0.15) is 0 Å². The fourth-order valence-corrected chi connectivity index (χ4v) is 1.26. The summed E-state index contributed by atoms with van der Waals surface area (Å²) >= 11 is 22.2. The molecule has 0 radical (unpaired) electrons. The Balaban J connectivity index is 3.06. The summed E-state index contributed by atoms with van der Waals surface area (Å²) in [6.07, 6.45) is 0. The molecule has 14 heavy (non-hydrogen) atoms. The van der Waals surface area contributed by atoms with Crippen molar-refractivity contribution in [3.8, 4) is 0 Å². The van der Waals surface area contributed by atoms with Crippen LogP contribution in [0, 0.1) is 0 Å². The molecule has 1 aromatic rings. The molecule has 1 rings (SSSR count). The van der Waals surface area contributed by atoms with Crippen molar-refractivity contribution >= 4 is 58.0 Å². The molecular weight excluding hydrogens is 272 g/mol. The zero-order valence-corrected chi connectivity index (χ0v) is 9.55. The highest BCUT2D eigenvalue weighted by Gasteiger charge is 2.14. The van der Waals surface area contributed by atoms with Gasteiger partial charge in [0, 0.05) is 0 Å². The standard InChI is InChI=1S/C6H3Cl4N3O/c7-1-2(14)11-4-3(8)5(9)12-13-6(4)10/h1H2,(H,11,12,14). The average Bonchev–Trinajstić information content (AvgIpc) is 2.18.